The van der Waals surface area contributed by atoms with Crippen LogP contribution in [0.15, 0.2) is 68.6 Å². The summed E-state index contributed by atoms with van der Waals surface area (Å²) in [4.78, 5) is 22.2. The second-order valence-electron chi connectivity index (χ2n) is 5.34. The molecule has 0 radical (unpaired) electrons. The minimum Gasteiger partial charge on any atom is -0.507 e. The summed E-state index contributed by atoms with van der Waals surface area (Å²) in [6.45, 7) is 0. The van der Waals surface area contributed by atoms with Gasteiger partial charge in [-0.05, 0) is 46.3 Å². The molecule has 3 rings (SSSR count). The number of nitrogens with zero attached hydrogens (tertiary/aromatic N) is 2. The Bertz CT molecular complexity index is 1040. The van der Waals surface area contributed by atoms with Crippen molar-refractivity contribution in [1.82, 2.24) is 5.43 Å². The Morgan fingerprint density at radius 1 is 1.22 bits per heavy atom. The molecule has 2 N–H and O–H groups in total. The van der Waals surface area contributed by atoms with E-state index in [0.29, 0.717) is 21.6 Å². The SMILES string of the molecule is O=C(NN=Cc1ccc(-c2ccc([N+](=O)[O-])cc2Br)o1)c1ccccc1O. The number of phenols is 1. The fraction of sp³-hybridized carbons (Fsp3) is 0. The highest BCUT2D eigenvalue weighted by Crippen LogP contribution is 2.32. The summed E-state index contributed by atoms with van der Waals surface area (Å²) in [6, 6.07) is 13.8. The Morgan fingerprint density at radius 2 is 2.00 bits per heavy atom. The number of furan rings is 1. The number of amides is 1. The number of nitro groups is 1. The zero-order chi connectivity index (χ0) is 19.4. The summed E-state index contributed by atoms with van der Waals surface area (Å²) in [6.07, 6.45) is 1.31. The Kier molecular flexibility index (Phi) is 5.32. The molecule has 0 aliphatic carbocycles. The number of carbonyl (C=O) groups is 1. The third-order valence-corrected chi connectivity index (χ3v) is 4.22. The zero-order valence-corrected chi connectivity index (χ0v) is 15.2. The number of para-hydroxylation sites is 1. The molecule has 0 aliphatic rings. The van der Waals surface area contributed by atoms with Gasteiger partial charge in [0, 0.05) is 22.2 Å². The lowest BCUT2D eigenvalue weighted by atomic mass is 10.1. The number of hydrazone groups is 1. The molecule has 0 unspecified atom stereocenters. The first kappa shape index (κ1) is 18.3. The molecular weight excluding hydrogens is 418 g/mol. The fourth-order valence-corrected chi connectivity index (χ4v) is 2.83. The maximum absolute atomic E-state index is 11.9. The van der Waals surface area contributed by atoms with Crippen molar-refractivity contribution in [2.24, 2.45) is 5.10 Å². The number of hydrogen-bond acceptors (Lipinski definition) is 6. The molecule has 2 aromatic carbocycles. The van der Waals surface area contributed by atoms with E-state index in [4.69, 9.17) is 4.42 Å². The first-order valence-electron chi connectivity index (χ1n) is 7.61. The molecule has 1 heterocycles. The predicted octanol–water partition coefficient (Wildman–Crippen LogP) is 4.09. The van der Waals surface area contributed by atoms with Gasteiger partial charge >= 0.3 is 0 Å². The van der Waals surface area contributed by atoms with Crippen molar-refractivity contribution in [2.75, 3.05) is 0 Å². The molecule has 9 heteroatoms. The number of aromatic hydroxyl groups is 1. The van der Waals surface area contributed by atoms with Crippen LogP contribution in [0.25, 0.3) is 11.3 Å². The minimum absolute atomic E-state index is 0.0363. The van der Waals surface area contributed by atoms with Crippen LogP contribution in [0.2, 0.25) is 0 Å². The van der Waals surface area contributed by atoms with Crippen molar-refractivity contribution in [3.05, 3.63) is 80.5 Å². The predicted molar refractivity (Wildman–Crippen MR) is 102 cm³/mol. The van der Waals surface area contributed by atoms with Crippen LogP contribution < -0.4 is 5.43 Å². The van der Waals surface area contributed by atoms with Gasteiger partial charge in [0.15, 0.2) is 0 Å². The summed E-state index contributed by atoms with van der Waals surface area (Å²) in [5, 5.41) is 24.2. The summed E-state index contributed by atoms with van der Waals surface area (Å²) < 4.78 is 6.13. The van der Waals surface area contributed by atoms with Crippen molar-refractivity contribution in [3.63, 3.8) is 0 Å². The number of rotatable bonds is 5. The monoisotopic (exact) mass is 429 g/mol. The van der Waals surface area contributed by atoms with E-state index in [9.17, 15) is 20.0 Å². The molecule has 0 aliphatic heterocycles. The lowest BCUT2D eigenvalue weighted by Crippen LogP contribution is -2.17. The largest absolute Gasteiger partial charge is 0.507 e. The summed E-state index contributed by atoms with van der Waals surface area (Å²) in [5.41, 5.74) is 3.00. The number of carbonyl (C=O) groups excluding carboxylic acids is 1. The van der Waals surface area contributed by atoms with Gasteiger partial charge < -0.3 is 9.52 Å². The van der Waals surface area contributed by atoms with Gasteiger partial charge in [-0.1, -0.05) is 12.1 Å². The van der Waals surface area contributed by atoms with Crippen molar-refractivity contribution >= 4 is 33.7 Å². The molecule has 1 aromatic heterocycles. The van der Waals surface area contributed by atoms with E-state index >= 15 is 0 Å². The Hall–Kier alpha value is -3.46. The first-order valence-corrected chi connectivity index (χ1v) is 8.40. The van der Waals surface area contributed by atoms with Gasteiger partial charge in [0.1, 0.15) is 17.3 Å². The highest BCUT2D eigenvalue weighted by molar-refractivity contribution is 9.10. The number of nitrogens with one attached hydrogen (secondary N) is 1. The van der Waals surface area contributed by atoms with Crippen LogP contribution in [0, 0.1) is 10.1 Å². The number of non-ortho nitro benzene ring substituents is 1. The molecule has 0 saturated heterocycles. The number of nitro benzene ring substituents is 1. The Labute approximate surface area is 161 Å². The molecule has 0 atom stereocenters. The van der Waals surface area contributed by atoms with Gasteiger partial charge in [0.2, 0.25) is 0 Å². The summed E-state index contributed by atoms with van der Waals surface area (Å²) in [5.74, 6) is 0.140. The highest BCUT2D eigenvalue weighted by atomic mass is 79.9. The van der Waals surface area contributed by atoms with E-state index in [-0.39, 0.29) is 17.0 Å². The number of hydrogen-bond donors (Lipinski definition) is 2. The smallest absolute Gasteiger partial charge is 0.275 e. The van der Waals surface area contributed by atoms with E-state index in [1.807, 2.05) is 0 Å². The van der Waals surface area contributed by atoms with Crippen molar-refractivity contribution < 1.29 is 19.2 Å². The van der Waals surface area contributed by atoms with Crippen LogP contribution in [0.5, 0.6) is 5.75 Å². The number of halogens is 1. The Morgan fingerprint density at radius 3 is 2.70 bits per heavy atom. The first-order chi connectivity index (χ1) is 13.0. The lowest BCUT2D eigenvalue weighted by molar-refractivity contribution is -0.384. The van der Waals surface area contributed by atoms with Gasteiger partial charge in [0.25, 0.3) is 11.6 Å². The normalized spacial score (nSPS) is 10.9. The van der Waals surface area contributed by atoms with Crippen molar-refractivity contribution in [2.45, 2.75) is 0 Å². The maximum atomic E-state index is 11.9. The van der Waals surface area contributed by atoms with Gasteiger partial charge in [-0.2, -0.15) is 5.10 Å². The van der Waals surface area contributed by atoms with E-state index in [0.717, 1.165) is 0 Å². The van der Waals surface area contributed by atoms with Gasteiger partial charge in [-0.25, -0.2) is 5.43 Å². The molecule has 136 valence electrons. The molecule has 27 heavy (non-hydrogen) atoms. The van der Waals surface area contributed by atoms with E-state index < -0.39 is 10.8 Å². The van der Waals surface area contributed by atoms with Gasteiger partial charge in [0.05, 0.1) is 16.7 Å². The highest BCUT2D eigenvalue weighted by Gasteiger charge is 2.13. The van der Waals surface area contributed by atoms with Crippen LogP contribution in [0.4, 0.5) is 5.69 Å². The quantitative estimate of drug-likeness (QED) is 0.359. The van der Waals surface area contributed by atoms with Gasteiger partial charge in [-0.3, -0.25) is 14.9 Å². The van der Waals surface area contributed by atoms with Crippen molar-refractivity contribution in [3.8, 4) is 17.1 Å². The summed E-state index contributed by atoms with van der Waals surface area (Å²) in [7, 11) is 0. The fourth-order valence-electron chi connectivity index (χ4n) is 2.26. The zero-order valence-electron chi connectivity index (χ0n) is 13.6. The van der Waals surface area contributed by atoms with Gasteiger partial charge in [-0.15, -0.1) is 0 Å². The summed E-state index contributed by atoms with van der Waals surface area (Å²) >= 11 is 3.29. The van der Waals surface area contributed by atoms with E-state index in [1.54, 1.807) is 30.3 Å². The van der Waals surface area contributed by atoms with Crippen LogP contribution in [-0.2, 0) is 0 Å². The molecule has 0 spiro atoms. The standard InChI is InChI=1S/C18H12BrN3O5/c19-15-9-11(22(25)26)5-7-13(15)17-8-6-12(27-17)10-20-21-18(24)14-3-1-2-4-16(14)23/h1-10,23H,(H,21,24). The molecule has 0 saturated carbocycles. The molecule has 1 amide bonds. The molecule has 3 aromatic rings. The third kappa shape index (κ3) is 4.21. The van der Waals surface area contributed by atoms with Crippen molar-refractivity contribution in [1.29, 1.82) is 0 Å². The van der Waals surface area contributed by atoms with Crippen LogP contribution in [0.1, 0.15) is 16.1 Å². The van der Waals surface area contributed by atoms with Crippen LogP contribution in [0.3, 0.4) is 0 Å². The van der Waals surface area contributed by atoms with Crippen LogP contribution in [-0.4, -0.2) is 22.2 Å². The third-order valence-electron chi connectivity index (χ3n) is 3.56. The molecule has 0 bridgehead atoms. The van der Waals surface area contributed by atoms with Crippen LogP contribution >= 0.6 is 15.9 Å². The van der Waals surface area contributed by atoms with E-state index in [2.05, 4.69) is 26.5 Å². The maximum Gasteiger partial charge on any atom is 0.275 e. The minimum atomic E-state index is -0.561. The average molecular weight is 430 g/mol. The average Bonchev–Trinajstić information content (AvgIpc) is 3.10. The topological polar surface area (TPSA) is 118 Å². The molecule has 8 nitrogen and oxygen atoms in total. The number of phenolic OH excluding ortho intramolecular Hbond substituents is 1. The second-order valence-corrected chi connectivity index (χ2v) is 6.19. The number of benzene rings is 2. The molecular formula is C18H12BrN3O5. The second kappa shape index (κ2) is 7.83. The Balaban J connectivity index is 1.71. The molecule has 0 fully saturated rings. The van der Waals surface area contributed by atoms with E-state index in [1.165, 1.54) is 30.5 Å². The lowest BCUT2D eigenvalue weighted by Gasteiger charge is -2.01.